The molecule has 2 aromatic heterocycles. The van der Waals surface area contributed by atoms with E-state index in [2.05, 4.69) is 15.2 Å². The molecule has 136 valence electrons. The third-order valence-electron chi connectivity index (χ3n) is 6.28. The van der Waals surface area contributed by atoms with E-state index in [1.807, 2.05) is 22.6 Å². The molecule has 1 atom stereocenters. The highest BCUT2D eigenvalue weighted by molar-refractivity contribution is 5.91. The number of fused-ring (bicyclic) bond motifs is 3. The van der Waals surface area contributed by atoms with E-state index in [4.69, 9.17) is 4.98 Å². The van der Waals surface area contributed by atoms with Gasteiger partial charge in [-0.3, -0.25) is 4.79 Å². The van der Waals surface area contributed by atoms with Crippen LogP contribution in [-0.4, -0.2) is 48.6 Å². The maximum atomic E-state index is 13.2. The summed E-state index contributed by atoms with van der Waals surface area (Å²) < 4.78 is 2.03. The second-order valence-electron chi connectivity index (χ2n) is 7.95. The van der Waals surface area contributed by atoms with E-state index in [0.717, 1.165) is 76.2 Å². The molecule has 2 aliphatic heterocycles. The highest BCUT2D eigenvalue weighted by Gasteiger charge is 2.45. The Balaban J connectivity index is 1.45. The Morgan fingerprint density at radius 3 is 2.96 bits per heavy atom. The van der Waals surface area contributed by atoms with Gasteiger partial charge < -0.3 is 9.47 Å². The van der Waals surface area contributed by atoms with Gasteiger partial charge in [0, 0.05) is 37.7 Å². The van der Waals surface area contributed by atoms with E-state index in [0.29, 0.717) is 5.82 Å². The molecule has 1 unspecified atom stereocenters. The normalized spacial score (nSPS) is 24.6. The summed E-state index contributed by atoms with van der Waals surface area (Å²) in [7, 11) is 0. The van der Waals surface area contributed by atoms with Gasteiger partial charge in [-0.25, -0.2) is 9.97 Å². The number of rotatable bonds is 1. The molecule has 1 aliphatic carbocycles. The molecule has 3 aliphatic rings. The van der Waals surface area contributed by atoms with Crippen molar-refractivity contribution in [3.8, 4) is 0 Å². The molecule has 7 heteroatoms. The van der Waals surface area contributed by atoms with Gasteiger partial charge in [0.25, 0.3) is 5.91 Å². The molecule has 7 nitrogen and oxygen atoms in total. The van der Waals surface area contributed by atoms with Crippen molar-refractivity contribution in [2.45, 2.75) is 63.8 Å². The fraction of sp³-hybridized carbons (Fsp3) is 0.632. The zero-order valence-electron chi connectivity index (χ0n) is 15.2. The third-order valence-corrected chi connectivity index (χ3v) is 6.28. The summed E-state index contributed by atoms with van der Waals surface area (Å²) in [6, 6.07) is 0. The van der Waals surface area contributed by atoms with Gasteiger partial charge in [0.05, 0.1) is 5.69 Å². The minimum absolute atomic E-state index is 0.0122. The van der Waals surface area contributed by atoms with Gasteiger partial charge in [-0.1, -0.05) is 0 Å². The zero-order valence-corrected chi connectivity index (χ0v) is 15.2. The molecule has 0 N–H and O–H groups in total. The van der Waals surface area contributed by atoms with Gasteiger partial charge in [-0.2, -0.15) is 0 Å². The maximum absolute atomic E-state index is 13.2. The predicted octanol–water partition coefficient (Wildman–Crippen LogP) is 1.83. The molecule has 1 saturated heterocycles. The van der Waals surface area contributed by atoms with Gasteiger partial charge in [-0.15, -0.1) is 10.2 Å². The van der Waals surface area contributed by atoms with Gasteiger partial charge >= 0.3 is 0 Å². The van der Waals surface area contributed by atoms with E-state index in [9.17, 15) is 4.79 Å². The molecule has 0 radical (unpaired) electrons. The fourth-order valence-corrected chi connectivity index (χ4v) is 4.94. The van der Waals surface area contributed by atoms with E-state index >= 15 is 0 Å². The standard InChI is InChI=1S/C19H24N6O/c1-13-20-11-14-6-8-19(16(14)21-13)7-4-9-24(12-19)18(26)17-23-22-15-5-2-3-10-25(15)17/h11H,2-10,12H2,1H3. The predicted molar refractivity (Wildman–Crippen MR) is 94.9 cm³/mol. The third kappa shape index (κ3) is 2.36. The lowest BCUT2D eigenvalue weighted by atomic mass is 9.77. The Kier molecular flexibility index (Phi) is 3.58. The van der Waals surface area contributed by atoms with Crippen LogP contribution >= 0.6 is 0 Å². The van der Waals surface area contributed by atoms with Crippen LogP contribution in [0.2, 0.25) is 0 Å². The number of nitrogens with zero attached hydrogens (tertiary/aromatic N) is 6. The van der Waals surface area contributed by atoms with Crippen LogP contribution in [0, 0.1) is 6.92 Å². The lowest BCUT2D eigenvalue weighted by Crippen LogP contribution is -2.48. The van der Waals surface area contributed by atoms with Crippen LogP contribution in [0.4, 0.5) is 0 Å². The molecular formula is C19H24N6O. The van der Waals surface area contributed by atoms with E-state index in [-0.39, 0.29) is 11.3 Å². The maximum Gasteiger partial charge on any atom is 0.291 e. The molecule has 0 saturated carbocycles. The number of aromatic nitrogens is 5. The number of carbonyl (C=O) groups excluding carboxylic acids is 1. The lowest BCUT2D eigenvalue weighted by molar-refractivity contribution is 0.0614. The van der Waals surface area contributed by atoms with Crippen molar-refractivity contribution in [2.75, 3.05) is 13.1 Å². The van der Waals surface area contributed by atoms with Crippen molar-refractivity contribution >= 4 is 5.91 Å². The molecule has 5 rings (SSSR count). The zero-order chi connectivity index (χ0) is 17.7. The number of piperidine rings is 1. The molecule has 26 heavy (non-hydrogen) atoms. The largest absolute Gasteiger partial charge is 0.335 e. The summed E-state index contributed by atoms with van der Waals surface area (Å²) >= 11 is 0. The second kappa shape index (κ2) is 5.86. The van der Waals surface area contributed by atoms with Crippen LogP contribution < -0.4 is 0 Å². The van der Waals surface area contributed by atoms with Crippen LogP contribution in [-0.2, 0) is 24.8 Å². The Labute approximate surface area is 152 Å². The molecule has 4 heterocycles. The first-order valence-electron chi connectivity index (χ1n) is 9.71. The molecule has 1 amide bonds. The average Bonchev–Trinajstić information content (AvgIpc) is 3.24. The summed E-state index contributed by atoms with van der Waals surface area (Å²) in [6.45, 7) is 4.33. The minimum atomic E-state index is -0.0122. The van der Waals surface area contributed by atoms with Crippen LogP contribution in [0.25, 0.3) is 0 Å². The molecule has 0 bridgehead atoms. The highest BCUT2D eigenvalue weighted by Crippen LogP contribution is 2.44. The second-order valence-corrected chi connectivity index (χ2v) is 7.95. The SMILES string of the molecule is Cc1ncc2c(n1)C1(CCCN(C(=O)c3nnc4n3CCCC4)C1)CC2. The summed E-state index contributed by atoms with van der Waals surface area (Å²) in [6.07, 6.45) is 9.30. The topological polar surface area (TPSA) is 76.8 Å². The first kappa shape index (κ1) is 15.9. The molecule has 2 aromatic rings. The van der Waals surface area contributed by atoms with Gasteiger partial charge in [0.15, 0.2) is 0 Å². The minimum Gasteiger partial charge on any atom is -0.335 e. The van der Waals surface area contributed by atoms with Gasteiger partial charge in [0.1, 0.15) is 11.6 Å². The molecule has 1 spiro atoms. The Morgan fingerprint density at radius 2 is 2.04 bits per heavy atom. The van der Waals surface area contributed by atoms with Crippen LogP contribution in [0.1, 0.15) is 65.6 Å². The van der Waals surface area contributed by atoms with Crippen LogP contribution in [0.5, 0.6) is 0 Å². The molecule has 1 fully saturated rings. The lowest BCUT2D eigenvalue weighted by Gasteiger charge is -2.40. The number of hydrogen-bond donors (Lipinski definition) is 0. The molecule has 0 aromatic carbocycles. The van der Waals surface area contributed by atoms with Crippen molar-refractivity contribution in [1.82, 2.24) is 29.6 Å². The number of likely N-dealkylation sites (tertiary alicyclic amines) is 1. The Morgan fingerprint density at radius 1 is 1.12 bits per heavy atom. The Bertz CT molecular complexity index is 871. The number of aryl methyl sites for hydroxylation is 3. The Hall–Kier alpha value is -2.31. The quantitative estimate of drug-likeness (QED) is 0.783. The average molecular weight is 352 g/mol. The van der Waals surface area contributed by atoms with E-state index in [1.165, 1.54) is 11.3 Å². The van der Waals surface area contributed by atoms with Gasteiger partial charge in [-0.05, 0) is 51.0 Å². The summed E-state index contributed by atoms with van der Waals surface area (Å²) in [4.78, 5) is 24.3. The summed E-state index contributed by atoms with van der Waals surface area (Å²) in [5, 5.41) is 8.50. The summed E-state index contributed by atoms with van der Waals surface area (Å²) in [5.41, 5.74) is 2.41. The first-order valence-corrected chi connectivity index (χ1v) is 9.71. The van der Waals surface area contributed by atoms with Crippen molar-refractivity contribution in [1.29, 1.82) is 0 Å². The van der Waals surface area contributed by atoms with Crippen molar-refractivity contribution in [3.63, 3.8) is 0 Å². The number of hydrogen-bond acceptors (Lipinski definition) is 5. The number of carbonyl (C=O) groups is 1. The van der Waals surface area contributed by atoms with Crippen LogP contribution in [0.3, 0.4) is 0 Å². The number of amides is 1. The van der Waals surface area contributed by atoms with Crippen molar-refractivity contribution in [3.05, 3.63) is 34.9 Å². The van der Waals surface area contributed by atoms with Crippen molar-refractivity contribution in [2.24, 2.45) is 0 Å². The monoisotopic (exact) mass is 352 g/mol. The summed E-state index contributed by atoms with van der Waals surface area (Å²) in [5.74, 6) is 2.33. The van der Waals surface area contributed by atoms with Crippen molar-refractivity contribution < 1.29 is 4.79 Å². The van der Waals surface area contributed by atoms with Gasteiger partial charge in [0.2, 0.25) is 5.82 Å². The fourth-order valence-electron chi connectivity index (χ4n) is 4.94. The first-order chi connectivity index (χ1) is 12.7. The smallest absolute Gasteiger partial charge is 0.291 e. The van der Waals surface area contributed by atoms with E-state index in [1.54, 1.807) is 0 Å². The van der Waals surface area contributed by atoms with Crippen LogP contribution in [0.15, 0.2) is 6.20 Å². The highest BCUT2D eigenvalue weighted by atomic mass is 16.2. The van der Waals surface area contributed by atoms with E-state index < -0.39 is 0 Å². The molecular weight excluding hydrogens is 328 g/mol.